The van der Waals surface area contributed by atoms with Crippen molar-refractivity contribution in [2.45, 2.75) is 18.9 Å². The SMILES string of the molecule is NC1CCN(C(=O)c2ccc3ccc(Cl)cc3n2)CC1. The third-order valence-corrected chi connectivity index (χ3v) is 3.94. The van der Waals surface area contributed by atoms with Crippen LogP contribution in [0.1, 0.15) is 23.3 Å². The third-order valence-electron chi connectivity index (χ3n) is 3.70. The van der Waals surface area contributed by atoms with Crippen molar-refractivity contribution in [1.29, 1.82) is 0 Å². The zero-order chi connectivity index (χ0) is 14.1. The molecule has 0 radical (unpaired) electrons. The van der Waals surface area contributed by atoms with Crippen LogP contribution in [-0.2, 0) is 0 Å². The topological polar surface area (TPSA) is 59.2 Å². The maximum atomic E-state index is 12.4. The van der Waals surface area contributed by atoms with Gasteiger partial charge in [-0.3, -0.25) is 4.79 Å². The lowest BCUT2D eigenvalue weighted by molar-refractivity contribution is 0.0709. The molecule has 104 valence electrons. The summed E-state index contributed by atoms with van der Waals surface area (Å²) in [5.74, 6) is -0.0289. The summed E-state index contributed by atoms with van der Waals surface area (Å²) in [6.45, 7) is 1.41. The quantitative estimate of drug-likeness (QED) is 0.877. The van der Waals surface area contributed by atoms with Gasteiger partial charge in [-0.2, -0.15) is 0 Å². The van der Waals surface area contributed by atoms with Crippen LogP contribution in [0.3, 0.4) is 0 Å². The van der Waals surface area contributed by atoms with Gasteiger partial charge >= 0.3 is 0 Å². The lowest BCUT2D eigenvalue weighted by atomic mass is 10.1. The van der Waals surface area contributed by atoms with Gasteiger partial charge in [-0.1, -0.05) is 23.7 Å². The number of nitrogens with two attached hydrogens (primary N) is 1. The molecule has 2 aromatic rings. The molecule has 0 bridgehead atoms. The number of nitrogens with zero attached hydrogens (tertiary/aromatic N) is 2. The molecule has 3 rings (SSSR count). The van der Waals surface area contributed by atoms with Gasteiger partial charge in [0.05, 0.1) is 5.52 Å². The number of aromatic nitrogens is 1. The summed E-state index contributed by atoms with van der Waals surface area (Å²) in [6.07, 6.45) is 1.70. The van der Waals surface area contributed by atoms with Gasteiger partial charge in [0.25, 0.3) is 5.91 Å². The van der Waals surface area contributed by atoms with Crippen molar-refractivity contribution in [3.63, 3.8) is 0 Å². The lowest BCUT2D eigenvalue weighted by Crippen LogP contribution is -2.43. The molecule has 0 unspecified atom stereocenters. The fourth-order valence-electron chi connectivity index (χ4n) is 2.47. The Hall–Kier alpha value is -1.65. The Morgan fingerprint density at radius 2 is 1.95 bits per heavy atom. The summed E-state index contributed by atoms with van der Waals surface area (Å²) in [7, 11) is 0. The van der Waals surface area contributed by atoms with Crippen molar-refractivity contribution >= 4 is 28.4 Å². The van der Waals surface area contributed by atoms with E-state index in [1.54, 1.807) is 12.1 Å². The highest BCUT2D eigenvalue weighted by atomic mass is 35.5. The zero-order valence-corrected chi connectivity index (χ0v) is 11.8. The van der Waals surface area contributed by atoms with Crippen LogP contribution in [0.15, 0.2) is 30.3 Å². The highest BCUT2D eigenvalue weighted by Gasteiger charge is 2.22. The number of hydrogen-bond acceptors (Lipinski definition) is 3. The molecule has 1 aromatic carbocycles. The van der Waals surface area contributed by atoms with E-state index < -0.39 is 0 Å². The van der Waals surface area contributed by atoms with Gasteiger partial charge in [0.15, 0.2) is 0 Å². The average Bonchev–Trinajstić information content (AvgIpc) is 2.46. The Morgan fingerprint density at radius 1 is 1.25 bits per heavy atom. The second-order valence-electron chi connectivity index (χ2n) is 5.16. The molecule has 1 aliphatic rings. The minimum atomic E-state index is -0.0289. The van der Waals surface area contributed by atoms with Crippen LogP contribution in [0.2, 0.25) is 5.02 Å². The first-order valence-electron chi connectivity index (χ1n) is 6.74. The maximum absolute atomic E-state index is 12.4. The van der Waals surface area contributed by atoms with E-state index in [2.05, 4.69) is 4.98 Å². The Kier molecular flexibility index (Phi) is 3.59. The van der Waals surface area contributed by atoms with E-state index in [1.807, 2.05) is 23.1 Å². The molecule has 0 atom stereocenters. The molecule has 20 heavy (non-hydrogen) atoms. The van der Waals surface area contributed by atoms with Crippen molar-refractivity contribution in [3.05, 3.63) is 41.0 Å². The number of likely N-dealkylation sites (tertiary alicyclic amines) is 1. The summed E-state index contributed by atoms with van der Waals surface area (Å²) in [6, 6.07) is 9.38. The molecule has 2 N–H and O–H groups in total. The molecule has 1 amide bonds. The second kappa shape index (κ2) is 5.38. The summed E-state index contributed by atoms with van der Waals surface area (Å²) in [4.78, 5) is 18.7. The van der Waals surface area contributed by atoms with Gasteiger partial charge < -0.3 is 10.6 Å². The van der Waals surface area contributed by atoms with E-state index in [-0.39, 0.29) is 11.9 Å². The molecular weight excluding hydrogens is 274 g/mol. The first-order chi connectivity index (χ1) is 9.63. The molecule has 5 heteroatoms. The summed E-state index contributed by atoms with van der Waals surface area (Å²) >= 11 is 5.97. The van der Waals surface area contributed by atoms with E-state index in [0.717, 1.165) is 23.7 Å². The lowest BCUT2D eigenvalue weighted by Gasteiger charge is -2.29. The minimum Gasteiger partial charge on any atom is -0.337 e. The molecule has 4 nitrogen and oxygen atoms in total. The molecule has 0 saturated carbocycles. The van der Waals surface area contributed by atoms with Crippen molar-refractivity contribution in [1.82, 2.24) is 9.88 Å². The Balaban J connectivity index is 1.87. The zero-order valence-electron chi connectivity index (χ0n) is 11.1. The minimum absolute atomic E-state index is 0.0289. The molecule has 1 aliphatic heterocycles. The van der Waals surface area contributed by atoms with Crippen LogP contribution in [0, 0.1) is 0 Å². The van der Waals surface area contributed by atoms with E-state index in [9.17, 15) is 4.79 Å². The van der Waals surface area contributed by atoms with Gasteiger partial charge in [-0.15, -0.1) is 0 Å². The number of benzene rings is 1. The summed E-state index contributed by atoms with van der Waals surface area (Å²) < 4.78 is 0. The number of fused-ring (bicyclic) bond motifs is 1. The third kappa shape index (κ3) is 2.62. The summed E-state index contributed by atoms with van der Waals surface area (Å²) in [5.41, 5.74) is 7.07. The highest BCUT2D eigenvalue weighted by molar-refractivity contribution is 6.31. The Labute approximate surface area is 122 Å². The highest BCUT2D eigenvalue weighted by Crippen LogP contribution is 2.19. The molecule has 1 aromatic heterocycles. The molecular formula is C15H16ClN3O. The van der Waals surface area contributed by atoms with E-state index in [1.165, 1.54) is 0 Å². The van der Waals surface area contributed by atoms with E-state index >= 15 is 0 Å². The number of amides is 1. The van der Waals surface area contributed by atoms with Gasteiger partial charge in [0.1, 0.15) is 5.69 Å². The molecule has 2 heterocycles. The summed E-state index contributed by atoms with van der Waals surface area (Å²) in [5, 5.41) is 1.60. The molecule has 0 aliphatic carbocycles. The fraction of sp³-hybridized carbons (Fsp3) is 0.333. The Morgan fingerprint density at radius 3 is 2.70 bits per heavy atom. The van der Waals surface area contributed by atoms with Crippen LogP contribution >= 0.6 is 11.6 Å². The van der Waals surface area contributed by atoms with E-state index in [0.29, 0.717) is 23.8 Å². The average molecular weight is 290 g/mol. The Bertz CT molecular complexity index is 651. The number of halogens is 1. The molecule has 1 fully saturated rings. The van der Waals surface area contributed by atoms with Crippen LogP contribution in [-0.4, -0.2) is 34.9 Å². The van der Waals surface area contributed by atoms with Crippen LogP contribution < -0.4 is 5.73 Å². The van der Waals surface area contributed by atoms with Crippen molar-refractivity contribution < 1.29 is 4.79 Å². The van der Waals surface area contributed by atoms with Gasteiger partial charge in [0, 0.05) is 29.5 Å². The first-order valence-corrected chi connectivity index (χ1v) is 7.12. The number of hydrogen-bond donors (Lipinski definition) is 1. The fourth-order valence-corrected chi connectivity index (χ4v) is 2.64. The normalized spacial score (nSPS) is 16.6. The van der Waals surface area contributed by atoms with E-state index in [4.69, 9.17) is 17.3 Å². The monoisotopic (exact) mass is 289 g/mol. The van der Waals surface area contributed by atoms with Crippen molar-refractivity contribution in [3.8, 4) is 0 Å². The number of piperidine rings is 1. The number of carbonyl (C=O) groups excluding carboxylic acids is 1. The van der Waals surface area contributed by atoms with Gasteiger partial charge in [-0.25, -0.2) is 4.98 Å². The molecule has 1 saturated heterocycles. The van der Waals surface area contributed by atoms with Crippen molar-refractivity contribution in [2.24, 2.45) is 5.73 Å². The first kappa shape index (κ1) is 13.3. The van der Waals surface area contributed by atoms with Crippen LogP contribution in [0.5, 0.6) is 0 Å². The number of carbonyl (C=O) groups is 1. The smallest absolute Gasteiger partial charge is 0.272 e. The van der Waals surface area contributed by atoms with Crippen LogP contribution in [0.25, 0.3) is 10.9 Å². The van der Waals surface area contributed by atoms with Crippen LogP contribution in [0.4, 0.5) is 0 Å². The predicted octanol–water partition coefficient (Wildman–Crippen LogP) is 2.45. The number of pyridine rings is 1. The molecule has 0 spiro atoms. The van der Waals surface area contributed by atoms with Gasteiger partial charge in [0.2, 0.25) is 0 Å². The standard InChI is InChI=1S/C15H16ClN3O/c16-11-3-1-10-2-4-13(18-14(10)9-11)15(20)19-7-5-12(17)6-8-19/h1-4,9,12H,5-8,17H2. The largest absolute Gasteiger partial charge is 0.337 e. The van der Waals surface area contributed by atoms with Gasteiger partial charge in [-0.05, 0) is 31.0 Å². The number of rotatable bonds is 1. The van der Waals surface area contributed by atoms with Crippen molar-refractivity contribution in [2.75, 3.05) is 13.1 Å². The predicted molar refractivity (Wildman–Crippen MR) is 79.9 cm³/mol. The second-order valence-corrected chi connectivity index (χ2v) is 5.60. The maximum Gasteiger partial charge on any atom is 0.272 e.